The van der Waals surface area contributed by atoms with Gasteiger partial charge in [0.25, 0.3) is 0 Å². The summed E-state index contributed by atoms with van der Waals surface area (Å²) in [5.74, 6) is 0. The van der Waals surface area contributed by atoms with Crippen molar-refractivity contribution in [2.24, 2.45) is 5.73 Å². The Bertz CT molecular complexity index is 476. The minimum atomic E-state index is 0.742. The second-order valence-corrected chi connectivity index (χ2v) is 4.19. The highest BCUT2D eigenvalue weighted by molar-refractivity contribution is 5.38. The van der Waals surface area contributed by atoms with Crippen molar-refractivity contribution >= 4 is 0 Å². The van der Waals surface area contributed by atoms with E-state index in [4.69, 9.17) is 5.73 Å². The van der Waals surface area contributed by atoms with Gasteiger partial charge in [-0.25, -0.2) is 4.68 Å². The summed E-state index contributed by atoms with van der Waals surface area (Å²) in [6, 6.07) is 8.16. The van der Waals surface area contributed by atoms with Gasteiger partial charge < -0.3 is 5.73 Å². The number of para-hydroxylation sites is 1. The SMILES string of the molecule is Cc1ccccc1-n1cc(CCCCN)nn1. The molecule has 0 aliphatic carbocycles. The largest absolute Gasteiger partial charge is 0.330 e. The van der Waals surface area contributed by atoms with Crippen LogP contribution in [0.15, 0.2) is 30.5 Å². The summed E-state index contributed by atoms with van der Waals surface area (Å²) in [6.07, 6.45) is 5.06. The van der Waals surface area contributed by atoms with Crippen molar-refractivity contribution in [2.45, 2.75) is 26.2 Å². The molecule has 90 valence electrons. The average Bonchev–Trinajstić information content (AvgIpc) is 2.79. The van der Waals surface area contributed by atoms with E-state index in [0.29, 0.717) is 0 Å². The van der Waals surface area contributed by atoms with Crippen LogP contribution in [0.4, 0.5) is 0 Å². The van der Waals surface area contributed by atoms with Crippen LogP contribution in [0.25, 0.3) is 5.69 Å². The second-order valence-electron chi connectivity index (χ2n) is 4.19. The number of benzene rings is 1. The van der Waals surface area contributed by atoms with Crippen LogP contribution in [0, 0.1) is 6.92 Å². The van der Waals surface area contributed by atoms with Gasteiger partial charge in [-0.1, -0.05) is 23.4 Å². The molecule has 0 aliphatic rings. The molecule has 2 rings (SSSR count). The van der Waals surface area contributed by atoms with Gasteiger partial charge in [0.05, 0.1) is 17.6 Å². The van der Waals surface area contributed by atoms with Gasteiger partial charge in [-0.05, 0) is 44.4 Å². The molecule has 1 aromatic heterocycles. The van der Waals surface area contributed by atoms with Gasteiger partial charge in [0.2, 0.25) is 0 Å². The van der Waals surface area contributed by atoms with E-state index < -0.39 is 0 Å². The lowest BCUT2D eigenvalue weighted by Crippen LogP contribution is -1.99. The molecule has 1 heterocycles. The van der Waals surface area contributed by atoms with Crippen LogP contribution in [0.1, 0.15) is 24.1 Å². The molecular weight excluding hydrogens is 212 g/mol. The molecule has 0 saturated carbocycles. The molecule has 4 nitrogen and oxygen atoms in total. The zero-order valence-electron chi connectivity index (χ0n) is 10.1. The first kappa shape index (κ1) is 11.8. The summed E-state index contributed by atoms with van der Waals surface area (Å²) in [5, 5.41) is 8.34. The van der Waals surface area contributed by atoms with Crippen molar-refractivity contribution in [3.05, 3.63) is 41.7 Å². The number of nitrogens with zero attached hydrogens (tertiary/aromatic N) is 3. The molecule has 4 heteroatoms. The minimum absolute atomic E-state index is 0.742. The first-order chi connectivity index (χ1) is 8.31. The lowest BCUT2D eigenvalue weighted by molar-refractivity contribution is 0.727. The molecule has 0 unspecified atom stereocenters. The quantitative estimate of drug-likeness (QED) is 0.798. The number of rotatable bonds is 5. The number of aromatic nitrogens is 3. The fourth-order valence-corrected chi connectivity index (χ4v) is 1.80. The van der Waals surface area contributed by atoms with Crippen molar-refractivity contribution in [1.82, 2.24) is 15.0 Å². The van der Waals surface area contributed by atoms with Gasteiger partial charge in [-0.3, -0.25) is 0 Å². The Morgan fingerprint density at radius 1 is 1.24 bits per heavy atom. The molecule has 1 aromatic carbocycles. The van der Waals surface area contributed by atoms with E-state index in [-0.39, 0.29) is 0 Å². The van der Waals surface area contributed by atoms with E-state index in [0.717, 1.165) is 37.2 Å². The molecular formula is C13H18N4. The van der Waals surface area contributed by atoms with E-state index in [1.807, 2.05) is 29.1 Å². The zero-order chi connectivity index (χ0) is 12.1. The third-order valence-electron chi connectivity index (χ3n) is 2.79. The Kier molecular flexibility index (Phi) is 3.88. The van der Waals surface area contributed by atoms with Crippen LogP contribution in [0.2, 0.25) is 0 Å². The van der Waals surface area contributed by atoms with Crippen LogP contribution < -0.4 is 5.73 Å². The second kappa shape index (κ2) is 5.59. The molecule has 0 bridgehead atoms. The summed E-state index contributed by atoms with van der Waals surface area (Å²) in [5.41, 5.74) is 8.78. The van der Waals surface area contributed by atoms with Gasteiger partial charge >= 0.3 is 0 Å². The Morgan fingerprint density at radius 3 is 2.82 bits per heavy atom. The van der Waals surface area contributed by atoms with Crippen LogP contribution in [0.3, 0.4) is 0 Å². The number of hydrogen-bond donors (Lipinski definition) is 1. The third kappa shape index (κ3) is 2.91. The fourth-order valence-electron chi connectivity index (χ4n) is 1.80. The van der Waals surface area contributed by atoms with E-state index in [1.165, 1.54) is 5.56 Å². The Labute approximate surface area is 101 Å². The van der Waals surface area contributed by atoms with E-state index in [1.54, 1.807) is 0 Å². The predicted molar refractivity (Wildman–Crippen MR) is 68.1 cm³/mol. The van der Waals surface area contributed by atoms with Gasteiger partial charge in [0.15, 0.2) is 0 Å². The van der Waals surface area contributed by atoms with Gasteiger partial charge in [-0.15, -0.1) is 5.10 Å². The summed E-state index contributed by atoms with van der Waals surface area (Å²) in [7, 11) is 0. The van der Waals surface area contributed by atoms with E-state index in [9.17, 15) is 0 Å². The first-order valence-electron chi connectivity index (χ1n) is 5.98. The lowest BCUT2D eigenvalue weighted by atomic mass is 10.2. The fraction of sp³-hybridized carbons (Fsp3) is 0.385. The normalized spacial score (nSPS) is 10.7. The Balaban J connectivity index is 2.10. The van der Waals surface area contributed by atoms with Crippen molar-refractivity contribution < 1.29 is 0 Å². The van der Waals surface area contributed by atoms with Gasteiger partial charge in [0, 0.05) is 0 Å². The van der Waals surface area contributed by atoms with Crippen molar-refractivity contribution in [3.63, 3.8) is 0 Å². The maximum Gasteiger partial charge on any atom is 0.0831 e. The maximum absolute atomic E-state index is 5.47. The summed E-state index contributed by atoms with van der Waals surface area (Å²) < 4.78 is 1.84. The smallest absolute Gasteiger partial charge is 0.0831 e. The highest BCUT2D eigenvalue weighted by Gasteiger charge is 2.04. The monoisotopic (exact) mass is 230 g/mol. The van der Waals surface area contributed by atoms with Crippen LogP contribution in [-0.4, -0.2) is 21.5 Å². The number of unbranched alkanes of at least 4 members (excludes halogenated alkanes) is 1. The Morgan fingerprint density at radius 2 is 2.06 bits per heavy atom. The van der Waals surface area contributed by atoms with Gasteiger partial charge in [-0.2, -0.15) is 0 Å². The molecule has 2 aromatic rings. The Hall–Kier alpha value is -1.68. The molecule has 0 spiro atoms. The molecule has 0 fully saturated rings. The molecule has 0 radical (unpaired) electrons. The number of aryl methyl sites for hydroxylation is 2. The molecule has 17 heavy (non-hydrogen) atoms. The third-order valence-corrected chi connectivity index (χ3v) is 2.79. The lowest BCUT2D eigenvalue weighted by Gasteiger charge is -2.02. The van der Waals surface area contributed by atoms with Crippen molar-refractivity contribution in [2.75, 3.05) is 6.54 Å². The van der Waals surface area contributed by atoms with E-state index >= 15 is 0 Å². The van der Waals surface area contributed by atoms with Crippen LogP contribution in [0.5, 0.6) is 0 Å². The summed E-state index contributed by atoms with van der Waals surface area (Å²) in [6.45, 7) is 2.82. The van der Waals surface area contributed by atoms with Crippen LogP contribution >= 0.6 is 0 Å². The number of nitrogens with two attached hydrogens (primary N) is 1. The highest BCUT2D eigenvalue weighted by Crippen LogP contribution is 2.12. The minimum Gasteiger partial charge on any atom is -0.330 e. The van der Waals surface area contributed by atoms with Crippen LogP contribution in [-0.2, 0) is 6.42 Å². The zero-order valence-corrected chi connectivity index (χ0v) is 10.1. The average molecular weight is 230 g/mol. The highest BCUT2D eigenvalue weighted by atomic mass is 15.4. The predicted octanol–water partition coefficient (Wildman–Crippen LogP) is 1.86. The van der Waals surface area contributed by atoms with Crippen molar-refractivity contribution in [3.8, 4) is 5.69 Å². The van der Waals surface area contributed by atoms with Gasteiger partial charge in [0.1, 0.15) is 0 Å². The molecule has 0 atom stereocenters. The topological polar surface area (TPSA) is 56.7 Å². The van der Waals surface area contributed by atoms with E-state index in [2.05, 4.69) is 23.3 Å². The summed E-state index contributed by atoms with van der Waals surface area (Å²) in [4.78, 5) is 0. The first-order valence-corrected chi connectivity index (χ1v) is 5.98. The maximum atomic E-state index is 5.47. The molecule has 2 N–H and O–H groups in total. The molecule has 0 aliphatic heterocycles. The molecule has 0 saturated heterocycles. The summed E-state index contributed by atoms with van der Waals surface area (Å²) >= 11 is 0. The standard InChI is InChI=1S/C13H18N4/c1-11-6-2-3-8-13(11)17-10-12(15-16-17)7-4-5-9-14/h2-3,6,8,10H,4-5,7,9,14H2,1H3. The van der Waals surface area contributed by atoms with Crippen molar-refractivity contribution in [1.29, 1.82) is 0 Å². The molecule has 0 amide bonds. The number of hydrogen-bond acceptors (Lipinski definition) is 3.